The first kappa shape index (κ1) is 13.4. The molecule has 0 atom stereocenters. The Balaban J connectivity index is 2.35. The number of rotatable bonds is 5. The van der Waals surface area contributed by atoms with Crippen LogP contribution in [0.25, 0.3) is 0 Å². The normalized spacial score (nSPS) is 18.3. The summed E-state index contributed by atoms with van der Waals surface area (Å²) in [7, 11) is -2.12. The summed E-state index contributed by atoms with van der Waals surface area (Å²) >= 11 is 0. The van der Waals surface area contributed by atoms with Crippen molar-refractivity contribution in [3.05, 3.63) is 0 Å². The highest BCUT2D eigenvalue weighted by Gasteiger charge is 2.20. The van der Waals surface area contributed by atoms with E-state index in [9.17, 15) is 13.2 Å². The number of nitrogens with one attached hydrogen (secondary N) is 2. The molecular weight excluding hydrogens is 232 g/mol. The van der Waals surface area contributed by atoms with Crippen molar-refractivity contribution in [2.24, 2.45) is 0 Å². The second-order valence-corrected chi connectivity index (χ2v) is 5.66. The lowest BCUT2D eigenvalue weighted by Crippen LogP contribution is -2.43. The molecule has 94 valence electrons. The van der Waals surface area contributed by atoms with E-state index < -0.39 is 16.0 Å². The van der Waals surface area contributed by atoms with Gasteiger partial charge >= 0.3 is 5.97 Å². The van der Waals surface area contributed by atoms with Gasteiger partial charge in [-0.15, -0.1) is 0 Å². The Morgan fingerprint density at radius 2 is 2.06 bits per heavy atom. The van der Waals surface area contributed by atoms with Crippen molar-refractivity contribution in [2.45, 2.75) is 25.3 Å². The quantitative estimate of drug-likeness (QED) is 0.625. The van der Waals surface area contributed by atoms with Gasteiger partial charge in [0.05, 0.1) is 19.3 Å². The molecule has 1 aliphatic heterocycles. The van der Waals surface area contributed by atoms with Gasteiger partial charge in [0.1, 0.15) is 0 Å². The molecule has 16 heavy (non-hydrogen) atoms. The number of carbonyl (C=O) groups excluding carboxylic acids is 1. The number of piperidine rings is 1. The number of methoxy groups -OCH3 is 1. The average molecular weight is 250 g/mol. The van der Waals surface area contributed by atoms with Crippen molar-refractivity contribution in [3.8, 4) is 0 Å². The van der Waals surface area contributed by atoms with Gasteiger partial charge in [0, 0.05) is 6.04 Å². The van der Waals surface area contributed by atoms with Gasteiger partial charge in [-0.05, 0) is 25.9 Å². The molecule has 1 heterocycles. The van der Waals surface area contributed by atoms with E-state index in [1.54, 1.807) is 0 Å². The highest BCUT2D eigenvalue weighted by Crippen LogP contribution is 2.04. The molecule has 1 aliphatic rings. The summed E-state index contributed by atoms with van der Waals surface area (Å²) in [5.41, 5.74) is 0. The molecule has 1 rings (SSSR count). The standard InChI is InChI=1S/C9H18N2O4S/c1-15-9(12)4-7-16(13,14)11-8-2-5-10-6-3-8/h8,10-11H,2-7H2,1H3. The van der Waals surface area contributed by atoms with E-state index in [2.05, 4.69) is 14.8 Å². The first-order valence-corrected chi connectivity index (χ1v) is 6.96. The molecule has 0 aromatic heterocycles. The number of ether oxygens (including phenoxy) is 1. The van der Waals surface area contributed by atoms with Crippen LogP contribution >= 0.6 is 0 Å². The Bertz CT molecular complexity index is 322. The van der Waals surface area contributed by atoms with Crippen molar-refractivity contribution >= 4 is 16.0 Å². The van der Waals surface area contributed by atoms with E-state index in [1.165, 1.54) is 7.11 Å². The minimum atomic E-state index is -3.36. The number of carbonyl (C=O) groups is 1. The van der Waals surface area contributed by atoms with E-state index in [-0.39, 0.29) is 18.2 Å². The van der Waals surface area contributed by atoms with Crippen LogP contribution in [0.4, 0.5) is 0 Å². The Labute approximate surface area is 95.8 Å². The number of hydrogen-bond acceptors (Lipinski definition) is 5. The van der Waals surface area contributed by atoms with Gasteiger partial charge in [-0.2, -0.15) is 0 Å². The second kappa shape index (κ2) is 6.17. The molecule has 0 aliphatic carbocycles. The zero-order chi connectivity index (χ0) is 12.0. The lowest BCUT2D eigenvalue weighted by Gasteiger charge is -2.23. The van der Waals surface area contributed by atoms with Crippen LogP contribution in [0.2, 0.25) is 0 Å². The topological polar surface area (TPSA) is 84.5 Å². The summed E-state index contributed by atoms with van der Waals surface area (Å²) in [5.74, 6) is -0.709. The second-order valence-electron chi connectivity index (χ2n) is 3.79. The highest BCUT2D eigenvalue weighted by molar-refractivity contribution is 7.89. The summed E-state index contributed by atoms with van der Waals surface area (Å²) in [6.45, 7) is 1.65. The van der Waals surface area contributed by atoms with Gasteiger partial charge in [0.15, 0.2) is 0 Å². The SMILES string of the molecule is COC(=O)CCS(=O)(=O)NC1CCNCC1. The van der Waals surface area contributed by atoms with Gasteiger partial charge in [-0.25, -0.2) is 13.1 Å². The third kappa shape index (κ3) is 4.91. The van der Waals surface area contributed by atoms with Gasteiger partial charge in [-0.1, -0.05) is 0 Å². The minimum Gasteiger partial charge on any atom is -0.469 e. The molecule has 0 aromatic rings. The Hall–Kier alpha value is -0.660. The maximum absolute atomic E-state index is 11.6. The lowest BCUT2D eigenvalue weighted by molar-refractivity contribution is -0.140. The third-order valence-corrected chi connectivity index (χ3v) is 3.92. The summed E-state index contributed by atoms with van der Waals surface area (Å²) in [6.07, 6.45) is 1.48. The van der Waals surface area contributed by atoms with E-state index in [0.717, 1.165) is 25.9 Å². The van der Waals surface area contributed by atoms with Crippen LogP contribution in [-0.2, 0) is 19.6 Å². The highest BCUT2D eigenvalue weighted by atomic mass is 32.2. The molecule has 0 unspecified atom stereocenters. The number of sulfonamides is 1. The van der Waals surface area contributed by atoms with Crippen LogP contribution < -0.4 is 10.0 Å². The minimum absolute atomic E-state index is 0.0103. The summed E-state index contributed by atoms with van der Waals surface area (Å²) in [5, 5.41) is 3.15. The van der Waals surface area contributed by atoms with Gasteiger partial charge in [0.25, 0.3) is 0 Å². The molecule has 0 saturated carbocycles. The monoisotopic (exact) mass is 250 g/mol. The molecular formula is C9H18N2O4S. The average Bonchev–Trinajstić information content (AvgIpc) is 2.27. The van der Waals surface area contributed by atoms with Gasteiger partial charge < -0.3 is 10.1 Å². The molecule has 2 N–H and O–H groups in total. The predicted molar refractivity (Wildman–Crippen MR) is 59.4 cm³/mol. The summed E-state index contributed by atoms with van der Waals surface area (Å²) < 4.78 is 30.2. The van der Waals surface area contributed by atoms with E-state index >= 15 is 0 Å². The zero-order valence-corrected chi connectivity index (χ0v) is 10.2. The molecule has 1 fully saturated rings. The first-order chi connectivity index (χ1) is 7.53. The molecule has 0 spiro atoms. The fourth-order valence-corrected chi connectivity index (χ4v) is 2.87. The number of hydrogen-bond donors (Lipinski definition) is 2. The fraction of sp³-hybridized carbons (Fsp3) is 0.889. The van der Waals surface area contributed by atoms with Gasteiger partial charge in [0.2, 0.25) is 10.0 Å². The molecule has 6 nitrogen and oxygen atoms in total. The molecule has 0 bridgehead atoms. The number of esters is 1. The first-order valence-electron chi connectivity index (χ1n) is 5.31. The van der Waals surface area contributed by atoms with E-state index in [1.807, 2.05) is 0 Å². The summed E-state index contributed by atoms with van der Waals surface area (Å²) in [6, 6.07) is -0.0103. The van der Waals surface area contributed by atoms with Crippen molar-refractivity contribution in [1.82, 2.24) is 10.0 Å². The van der Waals surface area contributed by atoms with Crippen LogP contribution in [0.3, 0.4) is 0 Å². The van der Waals surface area contributed by atoms with Crippen molar-refractivity contribution < 1.29 is 17.9 Å². The van der Waals surface area contributed by atoms with E-state index in [4.69, 9.17) is 0 Å². The van der Waals surface area contributed by atoms with Crippen molar-refractivity contribution in [3.63, 3.8) is 0 Å². The zero-order valence-electron chi connectivity index (χ0n) is 9.36. The molecule has 0 radical (unpaired) electrons. The molecule has 7 heteroatoms. The summed E-state index contributed by atoms with van der Waals surface area (Å²) in [4.78, 5) is 10.8. The molecule has 1 saturated heterocycles. The maximum Gasteiger partial charge on any atom is 0.306 e. The third-order valence-electron chi connectivity index (χ3n) is 2.49. The Kier molecular flexibility index (Phi) is 5.17. The Morgan fingerprint density at radius 1 is 1.44 bits per heavy atom. The predicted octanol–water partition coefficient (Wildman–Crippen LogP) is -0.779. The lowest BCUT2D eigenvalue weighted by atomic mass is 10.1. The molecule has 0 aromatic carbocycles. The van der Waals surface area contributed by atoms with E-state index in [0.29, 0.717) is 0 Å². The van der Waals surface area contributed by atoms with Crippen LogP contribution in [0.15, 0.2) is 0 Å². The Morgan fingerprint density at radius 3 is 2.62 bits per heavy atom. The van der Waals surface area contributed by atoms with Gasteiger partial charge in [-0.3, -0.25) is 4.79 Å². The fourth-order valence-electron chi connectivity index (χ4n) is 1.57. The maximum atomic E-state index is 11.6. The largest absolute Gasteiger partial charge is 0.469 e. The molecule has 0 amide bonds. The van der Waals surface area contributed by atoms with Crippen LogP contribution in [-0.4, -0.2) is 46.4 Å². The van der Waals surface area contributed by atoms with Crippen LogP contribution in [0.1, 0.15) is 19.3 Å². The van der Waals surface area contributed by atoms with Crippen LogP contribution in [0, 0.1) is 0 Å². The van der Waals surface area contributed by atoms with Crippen molar-refractivity contribution in [2.75, 3.05) is 26.0 Å². The van der Waals surface area contributed by atoms with Crippen LogP contribution in [0.5, 0.6) is 0 Å². The van der Waals surface area contributed by atoms with Crippen molar-refractivity contribution in [1.29, 1.82) is 0 Å². The smallest absolute Gasteiger partial charge is 0.306 e.